The normalized spacial score (nSPS) is 18.0. The van der Waals surface area contributed by atoms with E-state index in [-0.39, 0.29) is 30.1 Å². The Kier molecular flexibility index (Phi) is 7.45. The molecule has 2 aromatic carbocycles. The van der Waals surface area contributed by atoms with Gasteiger partial charge in [-0.1, -0.05) is 0 Å². The monoisotopic (exact) mass is 610 g/mol. The molecular weight excluding hydrogens is 567 g/mol. The number of carbonyl (C=O) groups is 1. The van der Waals surface area contributed by atoms with Crippen LogP contribution in [-0.2, 0) is 31.2 Å². The predicted molar refractivity (Wildman–Crippen MR) is 167 cm³/mol. The van der Waals surface area contributed by atoms with Crippen LogP contribution in [0.25, 0.3) is 0 Å². The summed E-state index contributed by atoms with van der Waals surface area (Å²) < 4.78 is 35.1. The third kappa shape index (κ3) is 5.09. The first kappa shape index (κ1) is 30.7. The van der Waals surface area contributed by atoms with E-state index in [4.69, 9.17) is 23.0 Å². The minimum absolute atomic E-state index is 0.0898. The summed E-state index contributed by atoms with van der Waals surface area (Å²) in [7, 11) is -5.26. The van der Waals surface area contributed by atoms with Crippen LogP contribution >= 0.6 is 7.59 Å². The summed E-state index contributed by atoms with van der Waals surface area (Å²) in [6.07, 6.45) is 2.78. The molecule has 1 spiro atoms. The third-order valence-electron chi connectivity index (χ3n) is 7.37. The number of hydrogen-bond donors (Lipinski definition) is 0. The average Bonchev–Trinajstić information content (AvgIpc) is 3.54. The van der Waals surface area contributed by atoms with Gasteiger partial charge in [0.1, 0.15) is 0 Å². The van der Waals surface area contributed by atoms with Crippen molar-refractivity contribution >= 4 is 19.8 Å². The fraction of sp³-hybridized carbons (Fsp3) is 0.469. The van der Waals surface area contributed by atoms with E-state index in [1.54, 1.807) is 32.3 Å². The van der Waals surface area contributed by atoms with E-state index in [0.29, 0.717) is 17.9 Å². The van der Waals surface area contributed by atoms with Gasteiger partial charge in [-0.25, -0.2) is 0 Å². The molecule has 3 aromatic rings. The van der Waals surface area contributed by atoms with Gasteiger partial charge < -0.3 is 0 Å². The van der Waals surface area contributed by atoms with E-state index in [2.05, 4.69) is 89.9 Å². The summed E-state index contributed by atoms with van der Waals surface area (Å²) >= 11 is 0. The quantitative estimate of drug-likeness (QED) is 0.278. The summed E-state index contributed by atoms with van der Waals surface area (Å²) in [5, 5.41) is 9.13. The Labute approximate surface area is 254 Å². The van der Waals surface area contributed by atoms with Crippen LogP contribution in [0.4, 0.5) is 4.79 Å². The molecule has 1 amide bonds. The summed E-state index contributed by atoms with van der Waals surface area (Å²) in [5.74, 6) is 1.08. The van der Waals surface area contributed by atoms with Gasteiger partial charge in [0, 0.05) is 0 Å². The second-order valence-electron chi connectivity index (χ2n) is 13.1. The Bertz CT molecular complexity index is 1510. The van der Waals surface area contributed by atoms with E-state index in [9.17, 15) is 4.79 Å². The minimum atomic E-state index is -5.26. The number of rotatable bonds is 3. The SMILES string of the molecule is CCOC(=O)N1N=C(OCC)OP12(n1cccn1)Oc1c(cc(C)cc1C(C)(C)C)Cc1cc(C)cc(C(C)(C)C)c1O2. The van der Waals surface area contributed by atoms with Gasteiger partial charge in [-0.2, -0.15) is 0 Å². The molecule has 0 bridgehead atoms. The molecule has 3 heterocycles. The molecule has 0 saturated carbocycles. The zero-order valence-electron chi connectivity index (χ0n) is 26.8. The van der Waals surface area contributed by atoms with Crippen molar-refractivity contribution in [1.29, 1.82) is 0 Å². The second-order valence-corrected chi connectivity index (χ2v) is 16.0. The van der Waals surface area contributed by atoms with Crippen LogP contribution in [-0.4, -0.2) is 39.7 Å². The number of benzene rings is 2. The number of hydrazone groups is 1. The molecule has 0 radical (unpaired) electrons. The molecule has 10 nitrogen and oxygen atoms in total. The van der Waals surface area contributed by atoms with Gasteiger partial charge in [-0.15, -0.1) is 0 Å². The molecule has 232 valence electrons. The summed E-state index contributed by atoms with van der Waals surface area (Å²) in [5.41, 5.74) is 5.17. The number of carbonyl (C=O) groups excluding carboxylic acids is 1. The first-order valence-electron chi connectivity index (χ1n) is 14.7. The fourth-order valence-corrected chi connectivity index (χ4v) is 8.76. The van der Waals surface area contributed by atoms with Crippen molar-refractivity contribution in [2.75, 3.05) is 13.2 Å². The van der Waals surface area contributed by atoms with Crippen molar-refractivity contribution in [3.63, 3.8) is 0 Å². The Morgan fingerprint density at radius 2 is 1.44 bits per heavy atom. The van der Waals surface area contributed by atoms with Crippen LogP contribution in [0, 0.1) is 13.8 Å². The Morgan fingerprint density at radius 3 is 1.88 bits per heavy atom. The van der Waals surface area contributed by atoms with E-state index < -0.39 is 13.7 Å². The zero-order valence-corrected chi connectivity index (χ0v) is 27.7. The topological polar surface area (TPSA) is 96.6 Å². The van der Waals surface area contributed by atoms with Gasteiger partial charge >= 0.3 is 254 Å². The van der Waals surface area contributed by atoms with Gasteiger partial charge in [0.05, 0.1) is 0 Å². The van der Waals surface area contributed by atoms with Gasteiger partial charge in [-0.05, 0) is 0 Å². The Balaban J connectivity index is 1.99. The standard InChI is InChI=1S/C32H43N4O6P/c1-11-38-29-34-36(30(37)39-12-2)43(42-29,35-15-13-14-33-35)40-27-23(16-21(3)18-25(27)31(5,6)7)20-24-17-22(4)19-26(28(24)41-43)32(8,9)10/h13-19H,11-12,20H2,1-10H3. The molecular formula is C32H43N4O6P. The van der Waals surface area contributed by atoms with Gasteiger partial charge in [-0.3, -0.25) is 0 Å². The number of ether oxygens (including phenoxy) is 2. The van der Waals surface area contributed by atoms with Crippen LogP contribution in [0.2, 0.25) is 0 Å². The Morgan fingerprint density at radius 1 is 0.884 bits per heavy atom. The van der Waals surface area contributed by atoms with Gasteiger partial charge in [0.25, 0.3) is 0 Å². The molecule has 2 aliphatic rings. The van der Waals surface area contributed by atoms with Crippen molar-refractivity contribution in [1.82, 2.24) is 14.3 Å². The first-order chi connectivity index (χ1) is 20.1. The molecule has 43 heavy (non-hydrogen) atoms. The first-order valence-corrected chi connectivity index (χ1v) is 16.6. The van der Waals surface area contributed by atoms with Crippen molar-refractivity contribution < 1.29 is 27.8 Å². The van der Waals surface area contributed by atoms with Crippen LogP contribution < -0.4 is 9.05 Å². The molecule has 0 fully saturated rings. The van der Waals surface area contributed by atoms with Gasteiger partial charge in [0.15, 0.2) is 0 Å². The zero-order chi connectivity index (χ0) is 31.4. The molecule has 1 aromatic heterocycles. The van der Waals surface area contributed by atoms with Crippen LogP contribution in [0.5, 0.6) is 11.5 Å². The van der Waals surface area contributed by atoms with E-state index in [1.807, 2.05) is 0 Å². The molecule has 0 N–H and O–H groups in total. The average molecular weight is 611 g/mol. The fourth-order valence-electron chi connectivity index (χ4n) is 5.49. The van der Waals surface area contributed by atoms with Crippen molar-refractivity contribution in [2.45, 2.75) is 86.5 Å². The summed E-state index contributed by atoms with van der Waals surface area (Å²) in [6.45, 7) is 20.7. The molecule has 0 atom stereocenters. The number of fused-ring (bicyclic) bond motifs is 2. The number of amides is 1. The maximum absolute atomic E-state index is 14.0. The predicted octanol–water partition coefficient (Wildman–Crippen LogP) is 7.93. The maximum atomic E-state index is 14.0. The van der Waals surface area contributed by atoms with Crippen LogP contribution in [0.1, 0.15) is 88.8 Å². The number of hydrogen-bond acceptors (Lipinski definition) is 8. The van der Waals surface area contributed by atoms with Crippen LogP contribution in [0.15, 0.2) is 47.8 Å². The molecule has 11 heteroatoms. The molecule has 5 rings (SSSR count). The summed E-state index contributed by atoms with van der Waals surface area (Å²) in [4.78, 5) is 14.0. The van der Waals surface area contributed by atoms with Gasteiger partial charge in [0.2, 0.25) is 0 Å². The Hall–Kier alpha value is -3.78. The van der Waals surface area contributed by atoms with Crippen molar-refractivity contribution in [3.05, 3.63) is 76.1 Å². The number of aryl methyl sites for hydroxylation is 2. The molecule has 2 aliphatic heterocycles. The van der Waals surface area contributed by atoms with E-state index in [0.717, 1.165) is 38.2 Å². The van der Waals surface area contributed by atoms with E-state index in [1.165, 1.54) is 4.45 Å². The second kappa shape index (κ2) is 10.4. The third-order valence-corrected chi connectivity index (χ3v) is 10.6. The molecule has 0 unspecified atom stereocenters. The molecule has 0 aliphatic carbocycles. The van der Waals surface area contributed by atoms with E-state index >= 15 is 0 Å². The molecule has 0 saturated heterocycles. The van der Waals surface area contributed by atoms with Crippen molar-refractivity contribution in [2.24, 2.45) is 5.10 Å². The number of nitrogens with zero attached hydrogens (tertiary/aromatic N) is 4. The van der Waals surface area contributed by atoms with Crippen molar-refractivity contribution in [3.8, 4) is 11.5 Å². The summed E-state index contributed by atoms with van der Waals surface area (Å²) in [6, 6.07) is 10.2. The number of aromatic nitrogens is 2. The van der Waals surface area contributed by atoms with Crippen LogP contribution in [0.3, 0.4) is 0 Å².